The summed E-state index contributed by atoms with van der Waals surface area (Å²) in [6.07, 6.45) is 0.453. The number of aliphatic carboxylic acids is 1. The Morgan fingerprint density at radius 1 is 1.14 bits per heavy atom. The summed E-state index contributed by atoms with van der Waals surface area (Å²) in [4.78, 5) is 34.3. The van der Waals surface area contributed by atoms with Crippen molar-refractivity contribution in [2.24, 2.45) is 11.3 Å². The predicted molar refractivity (Wildman–Crippen MR) is 79.9 cm³/mol. The molecule has 4 N–H and O–H groups in total. The van der Waals surface area contributed by atoms with Gasteiger partial charge < -0.3 is 21.1 Å². The fourth-order valence-electron chi connectivity index (χ4n) is 1.84. The molecular weight excluding hydrogens is 274 g/mol. The van der Waals surface area contributed by atoms with E-state index in [0.717, 1.165) is 0 Å². The van der Waals surface area contributed by atoms with Gasteiger partial charge in [0.2, 0.25) is 5.91 Å². The molecule has 0 radical (unpaired) electrons. The van der Waals surface area contributed by atoms with Gasteiger partial charge in [0.1, 0.15) is 6.04 Å². The van der Waals surface area contributed by atoms with E-state index in [0.29, 0.717) is 13.0 Å². The lowest BCUT2D eigenvalue weighted by Crippen LogP contribution is -2.49. The van der Waals surface area contributed by atoms with Crippen molar-refractivity contribution >= 4 is 17.9 Å². The maximum absolute atomic E-state index is 11.7. The van der Waals surface area contributed by atoms with Crippen LogP contribution in [0.2, 0.25) is 0 Å². The molecule has 0 aliphatic rings. The van der Waals surface area contributed by atoms with E-state index in [4.69, 9.17) is 5.11 Å². The number of carboxylic acid groups (broad SMARTS) is 1. The highest BCUT2D eigenvalue weighted by Crippen LogP contribution is 2.24. The lowest BCUT2D eigenvalue weighted by atomic mass is 9.84. The van der Waals surface area contributed by atoms with Gasteiger partial charge in [0.15, 0.2) is 0 Å². The van der Waals surface area contributed by atoms with Crippen LogP contribution in [-0.2, 0) is 9.59 Å². The summed E-state index contributed by atoms with van der Waals surface area (Å²) in [7, 11) is 0. The molecule has 0 aromatic heterocycles. The second kappa shape index (κ2) is 8.49. The molecule has 0 bridgehead atoms. The van der Waals surface area contributed by atoms with E-state index in [1.165, 1.54) is 0 Å². The van der Waals surface area contributed by atoms with Crippen LogP contribution in [0.1, 0.15) is 41.0 Å². The maximum atomic E-state index is 11.7. The monoisotopic (exact) mass is 301 g/mol. The third kappa shape index (κ3) is 8.88. The molecule has 0 rings (SSSR count). The van der Waals surface area contributed by atoms with Gasteiger partial charge in [-0.1, -0.05) is 20.8 Å². The van der Waals surface area contributed by atoms with Gasteiger partial charge in [-0.2, -0.15) is 0 Å². The van der Waals surface area contributed by atoms with E-state index in [9.17, 15) is 14.4 Å². The first-order valence-electron chi connectivity index (χ1n) is 7.11. The number of amides is 3. The van der Waals surface area contributed by atoms with Gasteiger partial charge in [0.05, 0.1) is 5.92 Å². The molecule has 21 heavy (non-hydrogen) atoms. The molecule has 0 aromatic rings. The molecular formula is C14H27N3O4. The van der Waals surface area contributed by atoms with Crippen molar-refractivity contribution in [3.63, 3.8) is 0 Å². The highest BCUT2D eigenvalue weighted by Gasteiger charge is 2.25. The first-order valence-corrected chi connectivity index (χ1v) is 7.11. The number of hydrogen-bond donors (Lipinski definition) is 4. The van der Waals surface area contributed by atoms with Crippen LogP contribution in [0, 0.1) is 11.3 Å². The molecule has 0 aliphatic heterocycles. The van der Waals surface area contributed by atoms with E-state index in [1.54, 1.807) is 13.8 Å². The fourth-order valence-corrected chi connectivity index (χ4v) is 1.84. The van der Waals surface area contributed by atoms with Gasteiger partial charge in [0, 0.05) is 13.1 Å². The molecule has 7 nitrogen and oxygen atoms in total. The van der Waals surface area contributed by atoms with E-state index in [-0.39, 0.29) is 17.9 Å². The first kappa shape index (κ1) is 19.2. The highest BCUT2D eigenvalue weighted by molar-refractivity contribution is 5.86. The SMILES string of the molecule is CCNC(=O)C(C)NC(=O)NCC(CC(C)(C)C)C(=O)O. The third-order valence-corrected chi connectivity index (χ3v) is 2.81. The Labute approximate surface area is 125 Å². The summed E-state index contributed by atoms with van der Waals surface area (Å²) in [6.45, 7) is 9.70. The van der Waals surface area contributed by atoms with Gasteiger partial charge in [-0.3, -0.25) is 9.59 Å². The molecule has 0 aromatic carbocycles. The molecule has 0 saturated carbocycles. The number of nitrogens with one attached hydrogen (secondary N) is 3. The van der Waals surface area contributed by atoms with Crippen LogP contribution in [0.4, 0.5) is 4.79 Å². The number of carboxylic acids is 1. The van der Waals surface area contributed by atoms with Crippen molar-refractivity contribution in [2.45, 2.75) is 47.1 Å². The van der Waals surface area contributed by atoms with Crippen LogP contribution in [0.25, 0.3) is 0 Å². The zero-order valence-electron chi connectivity index (χ0n) is 13.4. The number of likely N-dealkylation sites (N-methyl/N-ethyl adjacent to an activating group) is 1. The summed E-state index contributed by atoms with van der Waals surface area (Å²) >= 11 is 0. The topological polar surface area (TPSA) is 108 Å². The largest absolute Gasteiger partial charge is 0.481 e. The quantitative estimate of drug-likeness (QED) is 0.561. The number of urea groups is 1. The zero-order chi connectivity index (χ0) is 16.6. The van der Waals surface area contributed by atoms with E-state index in [1.807, 2.05) is 20.8 Å². The smallest absolute Gasteiger partial charge is 0.315 e. The highest BCUT2D eigenvalue weighted by atomic mass is 16.4. The number of carbonyl (C=O) groups is 3. The standard InChI is InChI=1S/C14H27N3O4/c1-6-15-11(18)9(2)17-13(21)16-8-10(12(19)20)7-14(3,4)5/h9-10H,6-8H2,1-5H3,(H,15,18)(H,19,20)(H2,16,17,21). The van der Waals surface area contributed by atoms with Crippen LogP contribution < -0.4 is 16.0 Å². The fraction of sp³-hybridized carbons (Fsp3) is 0.786. The van der Waals surface area contributed by atoms with Crippen molar-refractivity contribution < 1.29 is 19.5 Å². The van der Waals surface area contributed by atoms with Crippen molar-refractivity contribution in [3.8, 4) is 0 Å². The number of hydrogen-bond acceptors (Lipinski definition) is 3. The third-order valence-electron chi connectivity index (χ3n) is 2.81. The van der Waals surface area contributed by atoms with Gasteiger partial charge in [-0.15, -0.1) is 0 Å². The second-order valence-electron chi connectivity index (χ2n) is 6.27. The minimum atomic E-state index is -0.943. The molecule has 0 heterocycles. The molecule has 7 heteroatoms. The van der Waals surface area contributed by atoms with Crippen LogP contribution in [0.5, 0.6) is 0 Å². The van der Waals surface area contributed by atoms with Gasteiger partial charge >= 0.3 is 12.0 Å². The number of carbonyl (C=O) groups excluding carboxylic acids is 2. The molecule has 0 spiro atoms. The van der Waals surface area contributed by atoms with E-state index < -0.39 is 24.0 Å². The molecule has 122 valence electrons. The molecule has 0 saturated heterocycles. The van der Waals surface area contributed by atoms with Crippen molar-refractivity contribution in [1.82, 2.24) is 16.0 Å². The summed E-state index contributed by atoms with van der Waals surface area (Å²) in [5.41, 5.74) is -0.143. The van der Waals surface area contributed by atoms with Crippen LogP contribution in [-0.4, -0.2) is 42.1 Å². The Morgan fingerprint density at radius 3 is 2.14 bits per heavy atom. The first-order chi connectivity index (χ1) is 9.56. The summed E-state index contributed by atoms with van der Waals surface area (Å²) in [5, 5.41) is 16.7. The van der Waals surface area contributed by atoms with Crippen molar-refractivity contribution in [2.75, 3.05) is 13.1 Å². The predicted octanol–water partition coefficient (Wildman–Crippen LogP) is 0.947. The van der Waals surface area contributed by atoms with E-state index >= 15 is 0 Å². The molecule has 2 atom stereocenters. The van der Waals surface area contributed by atoms with Crippen molar-refractivity contribution in [3.05, 3.63) is 0 Å². The minimum absolute atomic E-state index is 0.0283. The van der Waals surface area contributed by atoms with Crippen LogP contribution in [0.15, 0.2) is 0 Å². The Kier molecular flexibility index (Phi) is 7.76. The van der Waals surface area contributed by atoms with Crippen LogP contribution in [0.3, 0.4) is 0 Å². The summed E-state index contributed by atoms with van der Waals surface area (Å²) in [6, 6.07) is -1.22. The molecule has 0 fully saturated rings. The Morgan fingerprint density at radius 2 is 1.71 bits per heavy atom. The molecule has 3 amide bonds. The summed E-state index contributed by atoms with van der Waals surface area (Å²) < 4.78 is 0. The van der Waals surface area contributed by atoms with Gasteiger partial charge in [-0.25, -0.2) is 4.79 Å². The van der Waals surface area contributed by atoms with Crippen LogP contribution >= 0.6 is 0 Å². The zero-order valence-corrected chi connectivity index (χ0v) is 13.4. The average Bonchev–Trinajstić information content (AvgIpc) is 2.33. The van der Waals surface area contributed by atoms with Gasteiger partial charge in [0.25, 0.3) is 0 Å². The number of rotatable bonds is 7. The van der Waals surface area contributed by atoms with Gasteiger partial charge in [-0.05, 0) is 25.7 Å². The normalized spacial score (nSPS) is 14.0. The summed E-state index contributed by atoms with van der Waals surface area (Å²) in [5.74, 6) is -1.88. The van der Waals surface area contributed by atoms with Crippen molar-refractivity contribution in [1.29, 1.82) is 0 Å². The van der Waals surface area contributed by atoms with E-state index in [2.05, 4.69) is 16.0 Å². The second-order valence-corrected chi connectivity index (χ2v) is 6.27. The molecule has 0 aliphatic carbocycles. The lowest BCUT2D eigenvalue weighted by Gasteiger charge is -2.23. The Balaban J connectivity index is 4.32. The Hall–Kier alpha value is -1.79. The lowest BCUT2D eigenvalue weighted by molar-refractivity contribution is -0.142. The average molecular weight is 301 g/mol. The Bertz CT molecular complexity index is 377. The molecule has 2 unspecified atom stereocenters. The maximum Gasteiger partial charge on any atom is 0.315 e. The minimum Gasteiger partial charge on any atom is -0.481 e.